The van der Waals surface area contributed by atoms with Crippen LogP contribution in [0.3, 0.4) is 0 Å². The van der Waals surface area contributed by atoms with E-state index in [-0.39, 0.29) is 11.9 Å². The highest BCUT2D eigenvalue weighted by molar-refractivity contribution is 5.85. The molecule has 0 aliphatic carbocycles. The zero-order valence-corrected chi connectivity index (χ0v) is 11.0. The fourth-order valence-electron chi connectivity index (χ4n) is 2.24. The van der Waals surface area contributed by atoms with Gasteiger partial charge in [-0.3, -0.25) is 4.79 Å². The third kappa shape index (κ3) is 2.76. The lowest BCUT2D eigenvalue weighted by Crippen LogP contribution is -2.45. The Balaban J connectivity index is 2.08. The smallest absolute Gasteiger partial charge is 0.241 e. The molecule has 1 saturated heterocycles. The van der Waals surface area contributed by atoms with Gasteiger partial charge in [-0.25, -0.2) is 4.98 Å². The van der Waals surface area contributed by atoms with E-state index >= 15 is 0 Å². The summed E-state index contributed by atoms with van der Waals surface area (Å²) in [6.07, 6.45) is 4.99. The summed E-state index contributed by atoms with van der Waals surface area (Å²) in [5, 5.41) is 12.3. The summed E-state index contributed by atoms with van der Waals surface area (Å²) in [6.45, 7) is 2.88. The van der Waals surface area contributed by atoms with E-state index in [9.17, 15) is 10.1 Å². The number of nitrogens with zero attached hydrogens (tertiary/aromatic N) is 2. The summed E-state index contributed by atoms with van der Waals surface area (Å²) in [4.78, 5) is 19.5. The lowest BCUT2D eigenvalue weighted by atomic mass is 9.80. The van der Waals surface area contributed by atoms with Crippen molar-refractivity contribution in [3.8, 4) is 6.07 Å². The Labute approximate surface area is 112 Å². The SMILES string of the molecule is CCC(NC(=O)C1(C#N)CCOCC1)c1ncc[nH]1. The van der Waals surface area contributed by atoms with Crippen molar-refractivity contribution in [1.29, 1.82) is 5.26 Å². The van der Waals surface area contributed by atoms with Crippen molar-refractivity contribution < 1.29 is 9.53 Å². The minimum absolute atomic E-state index is 0.185. The van der Waals surface area contributed by atoms with Gasteiger partial charge >= 0.3 is 0 Å². The molecule has 0 saturated carbocycles. The quantitative estimate of drug-likeness (QED) is 0.855. The molecule has 6 nitrogen and oxygen atoms in total. The molecule has 2 rings (SSSR count). The summed E-state index contributed by atoms with van der Waals surface area (Å²) in [5.41, 5.74) is -0.960. The van der Waals surface area contributed by atoms with Gasteiger partial charge < -0.3 is 15.0 Å². The molecule has 1 amide bonds. The fourth-order valence-corrected chi connectivity index (χ4v) is 2.24. The highest BCUT2D eigenvalue weighted by Gasteiger charge is 2.41. The number of amides is 1. The van der Waals surface area contributed by atoms with Gasteiger partial charge in [0.1, 0.15) is 11.2 Å². The molecule has 19 heavy (non-hydrogen) atoms. The van der Waals surface area contributed by atoms with Gasteiger partial charge in [-0.2, -0.15) is 5.26 Å². The Morgan fingerprint density at radius 2 is 2.42 bits per heavy atom. The first-order valence-corrected chi connectivity index (χ1v) is 6.51. The van der Waals surface area contributed by atoms with Gasteiger partial charge in [0, 0.05) is 25.6 Å². The van der Waals surface area contributed by atoms with Gasteiger partial charge in [0.15, 0.2) is 0 Å². The van der Waals surface area contributed by atoms with Crippen LogP contribution in [0.5, 0.6) is 0 Å². The van der Waals surface area contributed by atoms with Crippen LogP contribution >= 0.6 is 0 Å². The predicted molar refractivity (Wildman–Crippen MR) is 67.9 cm³/mol. The summed E-state index contributed by atoms with van der Waals surface area (Å²) in [6, 6.07) is 1.98. The number of carbonyl (C=O) groups excluding carboxylic acids is 1. The topological polar surface area (TPSA) is 90.8 Å². The van der Waals surface area contributed by atoms with Crippen molar-refractivity contribution in [2.24, 2.45) is 5.41 Å². The number of aromatic nitrogens is 2. The standard InChI is InChI=1S/C13H18N4O2/c1-2-10(11-15-5-6-16-11)17-12(18)13(9-14)3-7-19-8-4-13/h5-6,10H,2-4,7-8H2,1H3,(H,15,16)(H,17,18). The normalized spacial score (nSPS) is 19.4. The van der Waals surface area contributed by atoms with Crippen LogP contribution in [-0.2, 0) is 9.53 Å². The summed E-state index contributed by atoms with van der Waals surface area (Å²) in [7, 11) is 0. The third-order valence-corrected chi connectivity index (χ3v) is 3.56. The minimum Gasteiger partial charge on any atom is -0.381 e. The molecule has 1 atom stereocenters. The molecule has 2 heterocycles. The van der Waals surface area contributed by atoms with Crippen LogP contribution in [0.25, 0.3) is 0 Å². The van der Waals surface area contributed by atoms with E-state index in [2.05, 4.69) is 21.4 Å². The van der Waals surface area contributed by atoms with E-state index in [1.807, 2.05) is 6.92 Å². The van der Waals surface area contributed by atoms with Gasteiger partial charge in [0.25, 0.3) is 0 Å². The maximum Gasteiger partial charge on any atom is 0.241 e. The fraction of sp³-hybridized carbons (Fsp3) is 0.615. The molecule has 0 spiro atoms. The Kier molecular flexibility index (Phi) is 4.17. The first-order chi connectivity index (χ1) is 9.22. The molecule has 1 aromatic rings. The zero-order chi connectivity index (χ0) is 13.7. The second-order valence-corrected chi connectivity index (χ2v) is 4.71. The number of H-pyrrole nitrogens is 1. The third-order valence-electron chi connectivity index (χ3n) is 3.56. The van der Waals surface area contributed by atoms with Crippen molar-refractivity contribution in [2.75, 3.05) is 13.2 Å². The Morgan fingerprint density at radius 3 is 2.95 bits per heavy atom. The maximum absolute atomic E-state index is 12.4. The molecular formula is C13H18N4O2. The molecule has 102 valence electrons. The lowest BCUT2D eigenvalue weighted by Gasteiger charge is -2.30. The van der Waals surface area contributed by atoms with E-state index < -0.39 is 5.41 Å². The number of nitriles is 1. The van der Waals surface area contributed by atoms with Gasteiger partial charge in [0.05, 0.1) is 12.1 Å². The largest absolute Gasteiger partial charge is 0.381 e. The molecule has 1 fully saturated rings. The van der Waals surface area contributed by atoms with Crippen LogP contribution in [0.4, 0.5) is 0 Å². The average Bonchev–Trinajstić information content (AvgIpc) is 2.99. The van der Waals surface area contributed by atoms with Crippen molar-refractivity contribution >= 4 is 5.91 Å². The van der Waals surface area contributed by atoms with Crippen LogP contribution in [0.15, 0.2) is 12.4 Å². The average molecular weight is 262 g/mol. The van der Waals surface area contributed by atoms with Crippen molar-refractivity contribution in [3.63, 3.8) is 0 Å². The Morgan fingerprint density at radius 1 is 1.68 bits per heavy atom. The lowest BCUT2D eigenvalue weighted by molar-refractivity contribution is -0.133. The van der Waals surface area contributed by atoms with E-state index in [1.165, 1.54) is 0 Å². The first-order valence-electron chi connectivity index (χ1n) is 6.51. The van der Waals surface area contributed by atoms with E-state index in [4.69, 9.17) is 4.74 Å². The monoisotopic (exact) mass is 262 g/mol. The molecule has 1 aromatic heterocycles. The van der Waals surface area contributed by atoms with Crippen molar-refractivity contribution in [3.05, 3.63) is 18.2 Å². The number of nitrogens with one attached hydrogen (secondary N) is 2. The number of carbonyl (C=O) groups is 1. The van der Waals surface area contributed by atoms with Crippen LogP contribution in [0.2, 0.25) is 0 Å². The molecule has 2 N–H and O–H groups in total. The number of hydrogen-bond donors (Lipinski definition) is 2. The second kappa shape index (κ2) is 5.85. The van der Waals surface area contributed by atoms with Crippen LogP contribution in [0, 0.1) is 16.7 Å². The molecule has 1 unspecified atom stereocenters. The van der Waals surface area contributed by atoms with Gasteiger partial charge in [-0.1, -0.05) is 6.92 Å². The number of imidazole rings is 1. The summed E-state index contributed by atoms with van der Waals surface area (Å²) in [5.74, 6) is 0.498. The highest BCUT2D eigenvalue weighted by Crippen LogP contribution is 2.31. The van der Waals surface area contributed by atoms with Crippen molar-refractivity contribution in [1.82, 2.24) is 15.3 Å². The molecule has 6 heteroatoms. The van der Waals surface area contributed by atoms with Crippen LogP contribution < -0.4 is 5.32 Å². The van der Waals surface area contributed by atoms with Gasteiger partial charge in [0.2, 0.25) is 5.91 Å². The highest BCUT2D eigenvalue weighted by atomic mass is 16.5. The summed E-state index contributed by atoms with van der Waals surface area (Å²) < 4.78 is 5.23. The number of ether oxygens (including phenoxy) is 1. The Bertz CT molecular complexity index is 457. The molecular weight excluding hydrogens is 244 g/mol. The molecule has 0 aromatic carbocycles. The number of hydrogen-bond acceptors (Lipinski definition) is 4. The van der Waals surface area contributed by atoms with E-state index in [0.717, 1.165) is 12.2 Å². The number of rotatable bonds is 4. The van der Waals surface area contributed by atoms with Gasteiger partial charge in [-0.05, 0) is 19.3 Å². The predicted octanol–water partition coefficient (Wildman–Crippen LogP) is 1.30. The van der Waals surface area contributed by atoms with Gasteiger partial charge in [-0.15, -0.1) is 0 Å². The molecule has 1 aliphatic heterocycles. The molecule has 0 radical (unpaired) electrons. The van der Waals surface area contributed by atoms with Crippen LogP contribution in [0.1, 0.15) is 38.1 Å². The minimum atomic E-state index is -0.960. The van der Waals surface area contributed by atoms with E-state index in [1.54, 1.807) is 12.4 Å². The summed E-state index contributed by atoms with van der Waals surface area (Å²) >= 11 is 0. The molecule has 1 aliphatic rings. The van der Waals surface area contributed by atoms with Crippen molar-refractivity contribution in [2.45, 2.75) is 32.2 Å². The Hall–Kier alpha value is -1.87. The maximum atomic E-state index is 12.4. The number of aromatic amines is 1. The second-order valence-electron chi connectivity index (χ2n) is 4.71. The van der Waals surface area contributed by atoms with Crippen LogP contribution in [-0.4, -0.2) is 29.1 Å². The van der Waals surface area contributed by atoms with E-state index in [0.29, 0.717) is 26.1 Å². The molecule has 0 bridgehead atoms. The zero-order valence-electron chi connectivity index (χ0n) is 11.0. The first kappa shape index (κ1) is 13.6.